The highest BCUT2D eigenvalue weighted by atomic mass is 32.2. The summed E-state index contributed by atoms with van der Waals surface area (Å²) >= 11 is 0. The molecule has 0 bridgehead atoms. The van der Waals surface area contributed by atoms with Gasteiger partial charge in [-0.1, -0.05) is 48.5 Å². The normalized spacial score (nSPS) is 14.4. The summed E-state index contributed by atoms with van der Waals surface area (Å²) < 4.78 is 26.1. The fourth-order valence-electron chi connectivity index (χ4n) is 3.99. The number of amides is 1. The number of hydrogen-bond acceptors (Lipinski definition) is 5. The molecule has 1 aliphatic heterocycles. The quantitative estimate of drug-likeness (QED) is 0.321. The van der Waals surface area contributed by atoms with Gasteiger partial charge in [0.15, 0.2) is 0 Å². The Bertz CT molecular complexity index is 1300. The minimum Gasteiger partial charge on any atom is -0.354 e. The van der Waals surface area contributed by atoms with Crippen molar-refractivity contribution < 1.29 is 13.2 Å². The highest BCUT2D eigenvalue weighted by Crippen LogP contribution is 2.37. The highest BCUT2D eigenvalue weighted by molar-refractivity contribution is 7.92. The first-order valence-electron chi connectivity index (χ1n) is 11.1. The summed E-state index contributed by atoms with van der Waals surface area (Å²) in [7, 11) is -1.57. The maximum Gasteiger partial charge on any atom is 0.258 e. The Hall–Kier alpha value is -3.62. The molecule has 3 aromatic rings. The molecule has 0 saturated heterocycles. The zero-order valence-electron chi connectivity index (χ0n) is 19.2. The van der Waals surface area contributed by atoms with E-state index in [1.807, 2.05) is 73.8 Å². The van der Waals surface area contributed by atoms with E-state index in [9.17, 15) is 13.2 Å². The second-order valence-corrected chi connectivity index (χ2v) is 9.99. The number of fused-ring (bicyclic) bond motifs is 1. The van der Waals surface area contributed by atoms with E-state index in [-0.39, 0.29) is 5.91 Å². The van der Waals surface area contributed by atoms with Crippen molar-refractivity contribution in [2.45, 2.75) is 6.42 Å². The average Bonchev–Trinajstić information content (AvgIpc) is 3.16. The third-order valence-corrected chi connectivity index (χ3v) is 6.79. The van der Waals surface area contributed by atoms with Crippen molar-refractivity contribution in [1.29, 1.82) is 0 Å². The highest BCUT2D eigenvalue weighted by Gasteiger charge is 2.28. The monoisotopic (exact) mass is 476 g/mol. The second kappa shape index (κ2) is 10.1. The number of benzene rings is 3. The van der Waals surface area contributed by atoms with Gasteiger partial charge < -0.3 is 16.0 Å². The van der Waals surface area contributed by atoms with Crippen LogP contribution in [0, 0.1) is 0 Å². The molecule has 34 heavy (non-hydrogen) atoms. The Kier molecular flexibility index (Phi) is 7.00. The summed E-state index contributed by atoms with van der Waals surface area (Å²) in [5, 5.41) is 9.38. The number of rotatable bonds is 9. The van der Waals surface area contributed by atoms with Gasteiger partial charge in [0.05, 0.1) is 23.2 Å². The van der Waals surface area contributed by atoms with Crippen LogP contribution in [0.3, 0.4) is 0 Å². The lowest BCUT2D eigenvalue weighted by atomic mass is 10.00. The number of nitrogens with zero attached hydrogens (tertiary/aromatic N) is 1. The molecule has 1 heterocycles. The van der Waals surface area contributed by atoms with Crippen molar-refractivity contribution in [1.82, 2.24) is 5.32 Å². The molecule has 0 spiro atoms. The SMILES string of the molecule is CNCCCN(c1ccc(N/C(=C2\C(=O)Nc3ccccc32)c2ccccc2)cc1)S(C)(=O)=O. The molecule has 8 heteroatoms. The first-order chi connectivity index (χ1) is 16.4. The molecule has 3 aromatic carbocycles. The molecular weight excluding hydrogens is 448 g/mol. The Morgan fingerprint density at radius 1 is 0.941 bits per heavy atom. The number of carbonyl (C=O) groups is 1. The van der Waals surface area contributed by atoms with Gasteiger partial charge in [-0.15, -0.1) is 0 Å². The largest absolute Gasteiger partial charge is 0.354 e. The van der Waals surface area contributed by atoms with Crippen molar-refractivity contribution in [3.05, 3.63) is 90.0 Å². The summed E-state index contributed by atoms with van der Waals surface area (Å²) in [5.41, 5.74) is 5.08. The molecule has 4 rings (SSSR count). The minimum atomic E-state index is -3.41. The molecule has 0 radical (unpaired) electrons. The van der Waals surface area contributed by atoms with Gasteiger partial charge in [-0.25, -0.2) is 8.42 Å². The maximum absolute atomic E-state index is 12.9. The molecular formula is C26H28N4O3S. The number of para-hydroxylation sites is 1. The summed E-state index contributed by atoms with van der Waals surface area (Å²) in [6.07, 6.45) is 1.91. The number of anilines is 3. The van der Waals surface area contributed by atoms with Gasteiger partial charge in [-0.05, 0) is 55.9 Å². The first-order valence-corrected chi connectivity index (χ1v) is 12.9. The first kappa shape index (κ1) is 23.5. The molecule has 3 N–H and O–H groups in total. The number of nitrogens with one attached hydrogen (secondary N) is 3. The van der Waals surface area contributed by atoms with Gasteiger partial charge in [0, 0.05) is 23.5 Å². The van der Waals surface area contributed by atoms with Gasteiger partial charge >= 0.3 is 0 Å². The number of carbonyl (C=O) groups excluding carboxylic acids is 1. The molecule has 1 amide bonds. The van der Waals surface area contributed by atoms with Crippen LogP contribution >= 0.6 is 0 Å². The number of hydrogen-bond donors (Lipinski definition) is 3. The van der Waals surface area contributed by atoms with Gasteiger partial charge in [0.25, 0.3) is 5.91 Å². The van der Waals surface area contributed by atoms with Crippen LogP contribution in [0.15, 0.2) is 78.9 Å². The third-order valence-electron chi connectivity index (χ3n) is 5.60. The lowest BCUT2D eigenvalue weighted by Gasteiger charge is -2.23. The van der Waals surface area contributed by atoms with Crippen LogP contribution in [-0.4, -0.2) is 40.7 Å². The van der Waals surface area contributed by atoms with E-state index < -0.39 is 10.0 Å². The molecule has 0 fully saturated rings. The van der Waals surface area contributed by atoms with E-state index in [2.05, 4.69) is 16.0 Å². The van der Waals surface area contributed by atoms with E-state index in [4.69, 9.17) is 0 Å². The zero-order chi connectivity index (χ0) is 24.1. The lowest BCUT2D eigenvalue weighted by Crippen LogP contribution is -2.32. The molecule has 0 atom stereocenters. The Morgan fingerprint density at radius 2 is 1.62 bits per heavy atom. The van der Waals surface area contributed by atoms with Crippen molar-refractivity contribution in [3.8, 4) is 0 Å². The van der Waals surface area contributed by atoms with E-state index in [0.717, 1.165) is 29.0 Å². The third kappa shape index (κ3) is 5.13. The summed E-state index contributed by atoms with van der Waals surface area (Å²) in [4.78, 5) is 12.9. The topological polar surface area (TPSA) is 90.5 Å². The summed E-state index contributed by atoms with van der Waals surface area (Å²) in [5.74, 6) is -0.169. The van der Waals surface area contributed by atoms with Gasteiger partial charge in [0.1, 0.15) is 0 Å². The van der Waals surface area contributed by atoms with Gasteiger partial charge in [-0.3, -0.25) is 9.10 Å². The molecule has 176 valence electrons. The van der Waals surface area contributed by atoms with Crippen molar-refractivity contribution in [2.24, 2.45) is 0 Å². The molecule has 0 unspecified atom stereocenters. The standard InChI is InChI=1S/C26H28N4O3S/c1-27-17-8-18-30(34(2,32)33)21-15-13-20(14-16-21)28-25(19-9-4-3-5-10-19)24-22-11-6-7-12-23(22)29-26(24)31/h3-7,9-16,27-28H,8,17-18H2,1-2H3,(H,29,31)/b25-24-. The molecule has 7 nitrogen and oxygen atoms in total. The van der Waals surface area contributed by atoms with Crippen LogP contribution in [0.1, 0.15) is 17.5 Å². The Morgan fingerprint density at radius 3 is 2.29 bits per heavy atom. The Balaban J connectivity index is 1.70. The van der Waals surface area contributed by atoms with Crippen molar-refractivity contribution in [3.63, 3.8) is 0 Å². The molecule has 0 aromatic heterocycles. The summed E-state index contributed by atoms with van der Waals surface area (Å²) in [6.45, 7) is 1.12. The molecule has 0 saturated carbocycles. The van der Waals surface area contributed by atoms with E-state index in [1.54, 1.807) is 12.1 Å². The second-order valence-electron chi connectivity index (χ2n) is 8.08. The fraction of sp³-hybridized carbons (Fsp3) is 0.192. The van der Waals surface area contributed by atoms with E-state index in [0.29, 0.717) is 29.9 Å². The van der Waals surface area contributed by atoms with E-state index in [1.165, 1.54) is 10.6 Å². The van der Waals surface area contributed by atoms with Crippen LogP contribution in [0.4, 0.5) is 17.1 Å². The minimum absolute atomic E-state index is 0.169. The van der Waals surface area contributed by atoms with Crippen molar-refractivity contribution in [2.75, 3.05) is 41.3 Å². The Labute approximate surface area is 200 Å². The van der Waals surface area contributed by atoms with Crippen LogP contribution in [-0.2, 0) is 14.8 Å². The summed E-state index contributed by atoms with van der Waals surface area (Å²) in [6, 6.07) is 24.5. The van der Waals surface area contributed by atoms with Gasteiger partial charge in [-0.2, -0.15) is 0 Å². The fourth-order valence-corrected chi connectivity index (χ4v) is 4.96. The lowest BCUT2D eigenvalue weighted by molar-refractivity contribution is -0.110. The van der Waals surface area contributed by atoms with Crippen LogP contribution < -0.4 is 20.3 Å². The molecule has 0 aliphatic carbocycles. The van der Waals surface area contributed by atoms with E-state index >= 15 is 0 Å². The maximum atomic E-state index is 12.9. The van der Waals surface area contributed by atoms with Crippen LogP contribution in [0.5, 0.6) is 0 Å². The molecule has 1 aliphatic rings. The van der Waals surface area contributed by atoms with Crippen LogP contribution in [0.2, 0.25) is 0 Å². The predicted octanol–water partition coefficient (Wildman–Crippen LogP) is 3.99. The average molecular weight is 477 g/mol. The smallest absolute Gasteiger partial charge is 0.258 e. The van der Waals surface area contributed by atoms with Crippen LogP contribution in [0.25, 0.3) is 11.3 Å². The zero-order valence-corrected chi connectivity index (χ0v) is 20.0. The number of sulfonamides is 1. The van der Waals surface area contributed by atoms with Gasteiger partial charge in [0.2, 0.25) is 10.0 Å². The predicted molar refractivity (Wildman–Crippen MR) is 139 cm³/mol. The van der Waals surface area contributed by atoms with Crippen molar-refractivity contribution >= 4 is 44.3 Å².